The Hall–Kier alpha value is -1.06. The lowest BCUT2D eigenvalue weighted by Gasteiger charge is -2.23. The van der Waals surface area contributed by atoms with E-state index in [1.807, 2.05) is 7.11 Å². The number of rotatable bonds is 3. The van der Waals surface area contributed by atoms with Crippen LogP contribution in [0.25, 0.3) is 0 Å². The second-order valence-electron chi connectivity index (χ2n) is 6.07. The molecular weight excluding hydrogens is 250 g/mol. The van der Waals surface area contributed by atoms with E-state index in [9.17, 15) is 0 Å². The van der Waals surface area contributed by atoms with Crippen LogP contribution in [0.3, 0.4) is 0 Å². The molecule has 0 saturated heterocycles. The smallest absolute Gasteiger partial charge is 0.126 e. The zero-order chi connectivity index (χ0) is 13.9. The minimum atomic E-state index is 0.424. The van der Waals surface area contributed by atoms with Gasteiger partial charge in [0.15, 0.2) is 0 Å². The summed E-state index contributed by atoms with van der Waals surface area (Å²) in [5, 5.41) is 3.85. The van der Waals surface area contributed by atoms with Gasteiger partial charge in [0, 0.05) is 24.8 Å². The molecule has 3 atom stereocenters. The zero-order valence-electron chi connectivity index (χ0n) is 12.5. The Morgan fingerprint density at radius 1 is 1.25 bits per heavy atom. The fourth-order valence-corrected chi connectivity index (χ4v) is 3.53. The van der Waals surface area contributed by atoms with Crippen molar-refractivity contribution >= 4 is 0 Å². The Labute approximate surface area is 121 Å². The van der Waals surface area contributed by atoms with E-state index in [0.717, 1.165) is 31.6 Å². The van der Waals surface area contributed by atoms with Gasteiger partial charge in [-0.25, -0.2) is 0 Å². The first-order valence-electron chi connectivity index (χ1n) is 7.79. The Morgan fingerprint density at radius 2 is 2.15 bits per heavy atom. The van der Waals surface area contributed by atoms with Crippen molar-refractivity contribution in [3.63, 3.8) is 0 Å². The topological polar surface area (TPSA) is 30.5 Å². The number of hydrogen-bond donors (Lipinski definition) is 1. The zero-order valence-corrected chi connectivity index (χ0v) is 12.5. The second-order valence-corrected chi connectivity index (χ2v) is 6.07. The molecule has 3 unspecified atom stereocenters. The minimum Gasteiger partial charge on any atom is -0.493 e. The highest BCUT2D eigenvalue weighted by Crippen LogP contribution is 2.35. The van der Waals surface area contributed by atoms with Gasteiger partial charge in [-0.2, -0.15) is 0 Å². The maximum absolute atomic E-state index is 5.95. The lowest BCUT2D eigenvalue weighted by Crippen LogP contribution is -2.31. The SMILES string of the molecule is COC1CCC(NC2CCCOc3c(C)cccc32)C1. The Kier molecular flexibility index (Phi) is 4.27. The molecule has 0 spiro atoms. The monoisotopic (exact) mass is 275 g/mol. The van der Waals surface area contributed by atoms with Gasteiger partial charge in [0.1, 0.15) is 5.75 Å². The largest absolute Gasteiger partial charge is 0.493 e. The van der Waals surface area contributed by atoms with Crippen LogP contribution in [0, 0.1) is 6.92 Å². The molecule has 110 valence electrons. The maximum atomic E-state index is 5.95. The molecule has 3 rings (SSSR count). The number of ether oxygens (including phenoxy) is 2. The molecule has 1 aromatic rings. The third-order valence-corrected chi connectivity index (χ3v) is 4.66. The molecule has 2 aliphatic rings. The van der Waals surface area contributed by atoms with Crippen molar-refractivity contribution in [3.05, 3.63) is 29.3 Å². The van der Waals surface area contributed by atoms with Gasteiger partial charge in [0.25, 0.3) is 0 Å². The number of para-hydroxylation sites is 1. The molecule has 1 fully saturated rings. The van der Waals surface area contributed by atoms with E-state index in [0.29, 0.717) is 18.2 Å². The average Bonchev–Trinajstić information content (AvgIpc) is 2.81. The van der Waals surface area contributed by atoms with Gasteiger partial charge in [0.05, 0.1) is 12.7 Å². The number of benzene rings is 1. The molecule has 3 nitrogen and oxygen atoms in total. The van der Waals surface area contributed by atoms with Gasteiger partial charge >= 0.3 is 0 Å². The third kappa shape index (κ3) is 2.84. The van der Waals surface area contributed by atoms with Crippen molar-refractivity contribution in [3.8, 4) is 5.75 Å². The summed E-state index contributed by atoms with van der Waals surface area (Å²) >= 11 is 0. The Balaban J connectivity index is 1.75. The summed E-state index contributed by atoms with van der Waals surface area (Å²) in [4.78, 5) is 0. The van der Waals surface area contributed by atoms with Gasteiger partial charge in [-0.3, -0.25) is 0 Å². The van der Waals surface area contributed by atoms with Crippen LogP contribution in [0.15, 0.2) is 18.2 Å². The first kappa shape index (κ1) is 13.9. The fraction of sp³-hybridized carbons (Fsp3) is 0.647. The molecule has 0 radical (unpaired) electrons. The standard InChI is InChI=1S/C17H25NO2/c1-12-5-3-6-15-16(7-4-10-20-17(12)15)18-13-8-9-14(11-13)19-2/h3,5-6,13-14,16,18H,4,7-11H2,1-2H3. The van der Waals surface area contributed by atoms with E-state index in [1.54, 1.807) is 0 Å². The van der Waals surface area contributed by atoms with Gasteiger partial charge in [-0.05, 0) is 44.6 Å². The van der Waals surface area contributed by atoms with Crippen LogP contribution in [-0.4, -0.2) is 25.9 Å². The van der Waals surface area contributed by atoms with Crippen molar-refractivity contribution in [2.24, 2.45) is 0 Å². The molecule has 1 N–H and O–H groups in total. The summed E-state index contributed by atoms with van der Waals surface area (Å²) < 4.78 is 11.4. The first-order chi connectivity index (χ1) is 9.78. The van der Waals surface area contributed by atoms with E-state index >= 15 is 0 Å². The van der Waals surface area contributed by atoms with E-state index in [4.69, 9.17) is 9.47 Å². The summed E-state index contributed by atoms with van der Waals surface area (Å²) in [6, 6.07) is 7.50. The predicted molar refractivity (Wildman–Crippen MR) is 80.2 cm³/mol. The number of nitrogens with one attached hydrogen (secondary N) is 1. The van der Waals surface area contributed by atoms with Crippen LogP contribution in [0.5, 0.6) is 5.75 Å². The highest BCUT2D eigenvalue weighted by Gasteiger charge is 2.28. The van der Waals surface area contributed by atoms with Crippen LogP contribution >= 0.6 is 0 Å². The molecule has 1 aromatic carbocycles. The predicted octanol–water partition coefficient (Wildman–Crippen LogP) is 3.37. The third-order valence-electron chi connectivity index (χ3n) is 4.66. The molecule has 1 aliphatic carbocycles. The molecule has 0 bridgehead atoms. The van der Waals surface area contributed by atoms with E-state index in [2.05, 4.69) is 30.4 Å². The fourth-order valence-electron chi connectivity index (χ4n) is 3.53. The van der Waals surface area contributed by atoms with Gasteiger partial charge in [-0.15, -0.1) is 0 Å². The quantitative estimate of drug-likeness (QED) is 0.917. The number of fused-ring (bicyclic) bond motifs is 1. The Bertz CT molecular complexity index is 460. The summed E-state index contributed by atoms with van der Waals surface area (Å²) in [6.07, 6.45) is 6.24. The van der Waals surface area contributed by atoms with Crippen LogP contribution in [-0.2, 0) is 4.74 Å². The molecule has 0 aromatic heterocycles. The van der Waals surface area contributed by atoms with Crippen LogP contribution < -0.4 is 10.1 Å². The molecule has 3 heteroatoms. The summed E-state index contributed by atoms with van der Waals surface area (Å²) in [5.41, 5.74) is 2.58. The number of methoxy groups -OCH3 is 1. The summed E-state index contributed by atoms with van der Waals surface area (Å²) in [7, 11) is 1.82. The van der Waals surface area contributed by atoms with Crippen LogP contribution in [0.2, 0.25) is 0 Å². The molecule has 20 heavy (non-hydrogen) atoms. The van der Waals surface area contributed by atoms with E-state index < -0.39 is 0 Å². The molecule has 1 heterocycles. The lowest BCUT2D eigenvalue weighted by molar-refractivity contribution is 0.106. The minimum absolute atomic E-state index is 0.424. The molecule has 0 amide bonds. The average molecular weight is 275 g/mol. The van der Waals surface area contributed by atoms with Crippen LogP contribution in [0.1, 0.15) is 49.3 Å². The Morgan fingerprint density at radius 3 is 2.95 bits per heavy atom. The van der Waals surface area contributed by atoms with Gasteiger partial charge < -0.3 is 14.8 Å². The second kappa shape index (κ2) is 6.15. The molecule has 1 aliphatic heterocycles. The molecule has 1 saturated carbocycles. The van der Waals surface area contributed by atoms with Crippen molar-refractivity contribution < 1.29 is 9.47 Å². The van der Waals surface area contributed by atoms with Gasteiger partial charge in [0.2, 0.25) is 0 Å². The molecular formula is C17H25NO2. The number of aryl methyl sites for hydroxylation is 1. The van der Waals surface area contributed by atoms with Gasteiger partial charge in [-0.1, -0.05) is 18.2 Å². The van der Waals surface area contributed by atoms with Crippen molar-refractivity contribution in [2.75, 3.05) is 13.7 Å². The lowest BCUT2D eigenvalue weighted by atomic mass is 9.98. The highest BCUT2D eigenvalue weighted by molar-refractivity contribution is 5.43. The van der Waals surface area contributed by atoms with E-state index in [-0.39, 0.29) is 0 Å². The number of hydrogen-bond acceptors (Lipinski definition) is 3. The van der Waals surface area contributed by atoms with E-state index in [1.165, 1.54) is 24.0 Å². The van der Waals surface area contributed by atoms with Crippen molar-refractivity contribution in [2.45, 2.75) is 57.2 Å². The summed E-state index contributed by atoms with van der Waals surface area (Å²) in [5.74, 6) is 1.10. The normalized spacial score (nSPS) is 29.6. The highest BCUT2D eigenvalue weighted by atomic mass is 16.5. The van der Waals surface area contributed by atoms with Crippen molar-refractivity contribution in [1.82, 2.24) is 5.32 Å². The maximum Gasteiger partial charge on any atom is 0.126 e. The summed E-state index contributed by atoms with van der Waals surface area (Å²) in [6.45, 7) is 2.97. The van der Waals surface area contributed by atoms with Crippen LogP contribution in [0.4, 0.5) is 0 Å². The van der Waals surface area contributed by atoms with Crippen molar-refractivity contribution in [1.29, 1.82) is 0 Å². The first-order valence-corrected chi connectivity index (χ1v) is 7.79.